The molecule has 0 aromatic heterocycles. The third-order valence-corrected chi connectivity index (χ3v) is 3.01. The van der Waals surface area contributed by atoms with E-state index in [0.29, 0.717) is 0 Å². The number of nitrogens with zero attached hydrogens (tertiary/aromatic N) is 1. The van der Waals surface area contributed by atoms with Crippen LogP contribution in [-0.4, -0.2) is 72.3 Å². The van der Waals surface area contributed by atoms with Gasteiger partial charge in [0.15, 0.2) is 0 Å². The van der Waals surface area contributed by atoms with E-state index in [1.165, 1.54) is 5.56 Å². The molecule has 12 heteroatoms. The van der Waals surface area contributed by atoms with Gasteiger partial charge in [0.05, 0.1) is 41.9 Å². The van der Waals surface area contributed by atoms with Crippen LogP contribution in [0.25, 0.3) is 6.08 Å². The molecule has 0 aliphatic carbocycles. The zero-order valence-corrected chi connectivity index (χ0v) is 17.2. The number of rotatable bonds is 5. The van der Waals surface area contributed by atoms with Gasteiger partial charge in [0.25, 0.3) is 0 Å². The standard InChI is InChI=1S/C12H18N.2CH4O4S.H3N/c1-13(2,3)11-7-10-12-8-5-4-6-9-12;2*1-5-6(2,3)4;/h4-10H,11H2,1-3H3;2*1H3,(H,2,3,4);1H3/q+1;;;/p-1. The Morgan fingerprint density at radius 2 is 1.42 bits per heavy atom. The summed E-state index contributed by atoms with van der Waals surface area (Å²) in [5, 5.41) is 0. The lowest BCUT2D eigenvalue weighted by atomic mass is 10.2. The first-order chi connectivity index (χ1) is 11.2. The summed E-state index contributed by atoms with van der Waals surface area (Å²) in [5.41, 5.74) is 1.27. The van der Waals surface area contributed by atoms with Gasteiger partial charge in [-0.15, -0.1) is 0 Å². The zero-order valence-electron chi connectivity index (χ0n) is 15.5. The molecule has 1 rings (SSSR count). The lowest BCUT2D eigenvalue weighted by Crippen LogP contribution is -2.34. The van der Waals surface area contributed by atoms with E-state index >= 15 is 0 Å². The number of quaternary nitrogens is 1. The summed E-state index contributed by atoms with van der Waals surface area (Å²) in [4.78, 5) is 0. The molecule has 1 aromatic carbocycles. The lowest BCUT2D eigenvalue weighted by Gasteiger charge is -2.21. The minimum atomic E-state index is -4.41. The van der Waals surface area contributed by atoms with Gasteiger partial charge in [-0.3, -0.25) is 12.9 Å². The molecule has 10 nitrogen and oxygen atoms in total. The van der Waals surface area contributed by atoms with Gasteiger partial charge < -0.3 is 15.2 Å². The molecule has 0 heterocycles. The Morgan fingerprint density at radius 3 is 1.69 bits per heavy atom. The Balaban J connectivity index is -0.000000345. The molecule has 0 aliphatic rings. The van der Waals surface area contributed by atoms with E-state index in [1.54, 1.807) is 0 Å². The van der Waals surface area contributed by atoms with Crippen molar-refractivity contribution >= 4 is 26.9 Å². The Morgan fingerprint density at radius 1 is 1.04 bits per heavy atom. The molecule has 0 saturated carbocycles. The van der Waals surface area contributed by atoms with Gasteiger partial charge in [0.1, 0.15) is 0 Å². The maximum Gasteiger partial charge on any atom is 0.397 e. The third-order valence-electron chi connectivity index (χ3n) is 2.18. The average Bonchev–Trinajstić information content (AvgIpc) is 2.47. The second kappa shape index (κ2) is 13.8. The van der Waals surface area contributed by atoms with Crippen molar-refractivity contribution in [3.05, 3.63) is 42.0 Å². The molecular formula is C14H28N2O8S2. The van der Waals surface area contributed by atoms with Crippen LogP contribution in [0, 0.1) is 0 Å². The topological polar surface area (TPSA) is 165 Å². The summed E-state index contributed by atoms with van der Waals surface area (Å²) >= 11 is 0. The predicted molar refractivity (Wildman–Crippen MR) is 98.7 cm³/mol. The summed E-state index contributed by atoms with van der Waals surface area (Å²) in [6, 6.07) is 10.4. The van der Waals surface area contributed by atoms with Gasteiger partial charge in [-0.25, -0.2) is 8.42 Å². The summed E-state index contributed by atoms with van der Waals surface area (Å²) in [5.74, 6) is 0. The van der Waals surface area contributed by atoms with E-state index in [1.807, 2.05) is 6.07 Å². The molecule has 1 aromatic rings. The smallest absolute Gasteiger partial charge is 0.397 e. The minimum absolute atomic E-state index is 0. The molecule has 0 unspecified atom stereocenters. The molecule has 4 N–H and O–H groups in total. The molecule has 0 radical (unpaired) electrons. The second-order valence-corrected chi connectivity index (χ2v) is 7.79. The highest BCUT2D eigenvalue weighted by Crippen LogP contribution is 2.01. The molecule has 0 aliphatic heterocycles. The van der Waals surface area contributed by atoms with Crippen LogP contribution in [0.5, 0.6) is 0 Å². The van der Waals surface area contributed by atoms with Crippen LogP contribution in [0.4, 0.5) is 0 Å². The van der Waals surface area contributed by atoms with E-state index < -0.39 is 20.8 Å². The van der Waals surface area contributed by atoms with Crippen molar-refractivity contribution in [1.82, 2.24) is 6.15 Å². The van der Waals surface area contributed by atoms with Crippen molar-refractivity contribution in [3.8, 4) is 0 Å². The monoisotopic (exact) mass is 416 g/mol. The molecule has 0 fully saturated rings. The van der Waals surface area contributed by atoms with Crippen LogP contribution in [-0.2, 0) is 29.2 Å². The summed E-state index contributed by atoms with van der Waals surface area (Å²) < 4.78 is 61.7. The van der Waals surface area contributed by atoms with Crippen LogP contribution < -0.4 is 6.15 Å². The van der Waals surface area contributed by atoms with Gasteiger partial charge in [-0.05, 0) is 11.6 Å². The molecule has 0 atom stereocenters. The zero-order chi connectivity index (χ0) is 20.1. The first kappa shape index (κ1) is 29.4. The molecule has 26 heavy (non-hydrogen) atoms. The maximum atomic E-state index is 9.33. The van der Waals surface area contributed by atoms with E-state index in [-0.39, 0.29) is 6.15 Å². The molecular weight excluding hydrogens is 388 g/mol. The van der Waals surface area contributed by atoms with Crippen LogP contribution in [0.15, 0.2) is 36.4 Å². The molecule has 0 spiro atoms. The van der Waals surface area contributed by atoms with E-state index in [2.05, 4.69) is 65.9 Å². The number of likely N-dealkylation sites (N-methyl/N-ethyl adjacent to an activating group) is 1. The largest absolute Gasteiger partial charge is 0.726 e. The first-order valence-electron chi connectivity index (χ1n) is 6.76. The highest BCUT2D eigenvalue weighted by Gasteiger charge is 2.01. The summed E-state index contributed by atoms with van der Waals surface area (Å²) in [6.45, 7) is 1.06. The summed E-state index contributed by atoms with van der Waals surface area (Å²) in [6.07, 6.45) is 4.39. The van der Waals surface area contributed by atoms with Crippen molar-refractivity contribution in [2.24, 2.45) is 0 Å². The van der Waals surface area contributed by atoms with Gasteiger partial charge in [-0.1, -0.05) is 36.4 Å². The Labute approximate surface area is 156 Å². The molecule has 0 saturated heterocycles. The second-order valence-electron chi connectivity index (χ2n) is 5.46. The predicted octanol–water partition coefficient (Wildman–Crippen LogP) is 1.10. The van der Waals surface area contributed by atoms with Crippen LogP contribution in [0.3, 0.4) is 0 Å². The van der Waals surface area contributed by atoms with Gasteiger partial charge in [0, 0.05) is 0 Å². The molecule has 0 amide bonds. The van der Waals surface area contributed by atoms with Crippen LogP contribution in [0.2, 0.25) is 0 Å². The van der Waals surface area contributed by atoms with E-state index in [0.717, 1.165) is 25.2 Å². The number of hydrogen-bond donors (Lipinski definition) is 2. The maximum absolute atomic E-state index is 9.33. The van der Waals surface area contributed by atoms with E-state index in [4.69, 9.17) is 4.55 Å². The van der Waals surface area contributed by atoms with Crippen LogP contribution in [0.1, 0.15) is 5.56 Å². The van der Waals surface area contributed by atoms with Gasteiger partial charge in [-0.2, -0.15) is 8.42 Å². The Hall–Kier alpha value is -1.38. The fourth-order valence-corrected chi connectivity index (χ4v) is 1.07. The number of benzene rings is 1. The highest BCUT2D eigenvalue weighted by molar-refractivity contribution is 7.81. The Bertz CT molecular complexity index is 664. The fourth-order valence-electron chi connectivity index (χ4n) is 1.07. The fraction of sp³-hybridized carbons (Fsp3) is 0.429. The first-order valence-corrected chi connectivity index (χ1v) is 9.46. The van der Waals surface area contributed by atoms with Gasteiger partial charge in [0.2, 0.25) is 10.4 Å². The summed E-state index contributed by atoms with van der Waals surface area (Å²) in [7, 11) is -0.326. The normalized spacial score (nSPS) is 11.5. The highest BCUT2D eigenvalue weighted by atomic mass is 32.3. The van der Waals surface area contributed by atoms with Crippen molar-refractivity contribution in [2.75, 3.05) is 41.9 Å². The van der Waals surface area contributed by atoms with Crippen molar-refractivity contribution in [3.63, 3.8) is 0 Å². The van der Waals surface area contributed by atoms with Gasteiger partial charge >= 0.3 is 10.4 Å². The van der Waals surface area contributed by atoms with Crippen LogP contribution >= 0.6 is 0 Å². The molecule has 0 bridgehead atoms. The van der Waals surface area contributed by atoms with Crippen molar-refractivity contribution in [2.45, 2.75) is 0 Å². The third kappa shape index (κ3) is 27.5. The lowest BCUT2D eigenvalue weighted by molar-refractivity contribution is -0.864. The average molecular weight is 417 g/mol. The quantitative estimate of drug-likeness (QED) is 0.406. The van der Waals surface area contributed by atoms with Crippen molar-refractivity contribution in [1.29, 1.82) is 0 Å². The van der Waals surface area contributed by atoms with Crippen molar-refractivity contribution < 1.29 is 38.8 Å². The number of hydrogen-bond acceptors (Lipinski definition) is 8. The molecule has 154 valence electrons. The minimum Gasteiger partial charge on any atom is -0.726 e. The van der Waals surface area contributed by atoms with E-state index in [9.17, 15) is 21.4 Å². The SMILES string of the molecule is COS(=O)(=O)O.COS(=O)(=O)[O-].C[N+](C)(C)CC=Cc1ccccc1.N. The Kier molecular flexibility index (Phi) is 15.6.